The zero-order chi connectivity index (χ0) is 8.12. The van der Waals surface area contributed by atoms with Gasteiger partial charge in [0.15, 0.2) is 0 Å². The Labute approximate surface area is 155 Å². The standard InChI is InChI=1S/3Al.Ca.K.6O/q;;;+2;+1;;;;3*-1. The van der Waals surface area contributed by atoms with Crippen LogP contribution in [-0.4, -0.2) is 84.2 Å². The zero-order valence-electron chi connectivity index (χ0n) is 5.89. The van der Waals surface area contributed by atoms with E-state index in [0.717, 1.165) is 0 Å². The number of hydrogen-bond acceptors (Lipinski definition) is 6. The Balaban J connectivity index is -0.0000000150. The molecule has 0 aliphatic rings. The molecule has 48 valence electrons. The van der Waals surface area contributed by atoms with Gasteiger partial charge < -0.3 is 0 Å². The van der Waals surface area contributed by atoms with Crippen molar-refractivity contribution >= 4 is 84.2 Å². The first-order chi connectivity index (χ1) is 4.24. The van der Waals surface area contributed by atoms with Crippen molar-refractivity contribution < 1.29 is 75.3 Å². The molecule has 0 aliphatic heterocycles. The van der Waals surface area contributed by atoms with E-state index in [-0.39, 0.29) is 89.1 Å². The molecule has 0 rings (SSSR count). The van der Waals surface area contributed by atoms with E-state index in [1.54, 1.807) is 0 Å². The van der Waals surface area contributed by atoms with Crippen molar-refractivity contribution in [2.24, 2.45) is 0 Å². The second kappa shape index (κ2) is 50.7. The second-order valence-electron chi connectivity index (χ2n) is 0.289. The first-order valence-corrected chi connectivity index (χ1v) is 4.24. The van der Waals surface area contributed by atoms with Crippen molar-refractivity contribution in [2.75, 3.05) is 0 Å². The molecule has 0 aromatic carbocycles. The van der Waals surface area contributed by atoms with Crippen LogP contribution in [0.4, 0.5) is 0 Å². The summed E-state index contributed by atoms with van der Waals surface area (Å²) < 4.78 is 50.8. The molecule has 0 fully saturated rings. The fourth-order valence-electron chi connectivity index (χ4n) is 0. The maximum atomic E-state index is 8.46. The average molecular weight is 256 g/mol. The summed E-state index contributed by atoms with van der Waals surface area (Å²) in [4.78, 5) is 0. The Morgan fingerprint density at radius 1 is 0.727 bits per heavy atom. The van der Waals surface area contributed by atoms with Crippen LogP contribution < -0.4 is 63.9 Å². The summed E-state index contributed by atoms with van der Waals surface area (Å²) in [6, 6.07) is 0. The third-order valence-corrected chi connectivity index (χ3v) is 0. The van der Waals surface area contributed by atoms with E-state index in [1.165, 1.54) is 0 Å². The number of hydrogen-bond donors (Lipinski definition) is 0. The van der Waals surface area contributed by atoms with E-state index in [0.29, 0.717) is 0 Å². The van der Waals surface area contributed by atoms with Gasteiger partial charge in [-0.05, 0) is 0 Å². The quantitative estimate of drug-likeness (QED) is 0.397. The summed E-state index contributed by atoms with van der Waals surface area (Å²) in [7, 11) is 0. The molecule has 0 aliphatic carbocycles. The van der Waals surface area contributed by atoms with Crippen LogP contribution in [0.15, 0.2) is 0 Å². The predicted octanol–water partition coefficient (Wildman–Crippen LogP) is -8.44. The Morgan fingerprint density at radius 2 is 0.727 bits per heavy atom. The molecular formula is Al3CaKO6. The monoisotopic (exact) mass is 256 g/mol. The summed E-state index contributed by atoms with van der Waals surface area (Å²) in [5.74, 6) is 0. The molecule has 6 nitrogen and oxygen atoms in total. The van der Waals surface area contributed by atoms with Gasteiger partial charge in [-0.25, -0.2) is 0 Å². The molecule has 0 unspecified atom stereocenters. The van der Waals surface area contributed by atoms with Crippen LogP contribution in [0.1, 0.15) is 0 Å². The summed E-state index contributed by atoms with van der Waals surface area (Å²) >= 11 is -5.25. The van der Waals surface area contributed by atoms with Gasteiger partial charge in [-0.3, -0.25) is 0 Å². The normalized spacial score (nSPS) is 2.18. The first-order valence-electron chi connectivity index (χ1n) is 1.41. The minimum absolute atomic E-state index is 0. The minimum atomic E-state index is -1.75. The van der Waals surface area contributed by atoms with Gasteiger partial charge in [0.25, 0.3) is 0 Å². The van der Waals surface area contributed by atoms with Crippen molar-refractivity contribution in [2.45, 2.75) is 0 Å². The van der Waals surface area contributed by atoms with Crippen molar-refractivity contribution in [3.8, 4) is 0 Å². The molecule has 0 saturated carbocycles. The van der Waals surface area contributed by atoms with Crippen molar-refractivity contribution in [1.82, 2.24) is 0 Å². The van der Waals surface area contributed by atoms with E-state index >= 15 is 0 Å². The number of rotatable bonds is 0. The second-order valence-corrected chi connectivity index (χ2v) is 0.866. The SMILES string of the molecule is [Ca+2].[K+].[O]=[Al][O-].[O]=[Al][O-].[O]=[Al][O-]. The van der Waals surface area contributed by atoms with Crippen molar-refractivity contribution in [1.29, 1.82) is 0 Å². The Bertz CT molecular complexity index is 54.6. The van der Waals surface area contributed by atoms with Gasteiger partial charge in [0.05, 0.1) is 0 Å². The molecule has 0 heterocycles. The zero-order valence-corrected chi connectivity index (χ0v) is 14.7. The van der Waals surface area contributed by atoms with Crippen LogP contribution in [0.5, 0.6) is 0 Å². The maximum absolute atomic E-state index is 8.46. The van der Waals surface area contributed by atoms with E-state index in [2.05, 4.69) is 0 Å². The Kier molecular flexibility index (Phi) is 135. The summed E-state index contributed by atoms with van der Waals surface area (Å²) in [6.45, 7) is 0. The average Bonchev–Trinajstić information content (AvgIpc) is 1.70. The Hall–Kier alpha value is 3.29. The van der Waals surface area contributed by atoms with E-state index < -0.39 is 46.5 Å². The molecule has 0 N–H and O–H groups in total. The van der Waals surface area contributed by atoms with Crippen LogP contribution in [-0.2, 0) is 11.4 Å². The molecule has 0 radical (unpaired) electrons. The molecule has 11 heavy (non-hydrogen) atoms. The van der Waals surface area contributed by atoms with Crippen molar-refractivity contribution in [3.63, 3.8) is 0 Å². The molecule has 0 atom stereocenters. The molecule has 0 spiro atoms. The molecule has 0 bridgehead atoms. The summed E-state index contributed by atoms with van der Waals surface area (Å²) in [5.41, 5.74) is 0. The van der Waals surface area contributed by atoms with Gasteiger partial charge in [-0.2, -0.15) is 0 Å². The summed E-state index contributed by atoms with van der Waals surface area (Å²) in [6.07, 6.45) is 0. The third-order valence-electron chi connectivity index (χ3n) is 0. The molecule has 0 aromatic rings. The van der Waals surface area contributed by atoms with Crippen LogP contribution in [0.3, 0.4) is 0 Å². The topological polar surface area (TPSA) is 120 Å². The summed E-state index contributed by atoms with van der Waals surface area (Å²) in [5, 5.41) is 0. The molecule has 0 saturated heterocycles. The van der Waals surface area contributed by atoms with E-state index in [1.807, 2.05) is 0 Å². The van der Waals surface area contributed by atoms with Crippen LogP contribution in [0.25, 0.3) is 0 Å². The van der Waals surface area contributed by atoms with Crippen molar-refractivity contribution in [3.05, 3.63) is 0 Å². The Morgan fingerprint density at radius 3 is 0.727 bits per heavy atom. The van der Waals surface area contributed by atoms with Gasteiger partial charge in [-0.1, -0.05) is 0 Å². The molecule has 0 aromatic heterocycles. The van der Waals surface area contributed by atoms with Gasteiger partial charge in [0.1, 0.15) is 0 Å². The van der Waals surface area contributed by atoms with Crippen LogP contribution >= 0.6 is 0 Å². The van der Waals surface area contributed by atoms with E-state index in [4.69, 9.17) is 23.9 Å². The van der Waals surface area contributed by atoms with Crippen LogP contribution in [0, 0.1) is 0 Å². The van der Waals surface area contributed by atoms with Gasteiger partial charge in [-0.15, -0.1) is 0 Å². The predicted molar refractivity (Wildman–Crippen MR) is 25.1 cm³/mol. The molecule has 0 amide bonds. The van der Waals surface area contributed by atoms with Gasteiger partial charge in [0.2, 0.25) is 0 Å². The fraction of sp³-hybridized carbons (Fsp3) is 0. The molecule has 11 heteroatoms. The van der Waals surface area contributed by atoms with E-state index in [9.17, 15) is 0 Å². The van der Waals surface area contributed by atoms with Gasteiger partial charge in [0, 0.05) is 0 Å². The van der Waals surface area contributed by atoms with Crippen LogP contribution in [0.2, 0.25) is 0 Å². The fourth-order valence-corrected chi connectivity index (χ4v) is 0. The molecular weight excluding hydrogens is 256 g/mol. The van der Waals surface area contributed by atoms with Gasteiger partial charge >= 0.3 is 159 Å². The first kappa shape index (κ1) is 29.2. The third kappa shape index (κ3) is 156.